The normalized spacial score (nSPS) is 23.9. The van der Waals surface area contributed by atoms with E-state index in [-0.39, 0.29) is 6.04 Å². The summed E-state index contributed by atoms with van der Waals surface area (Å²) in [5.74, 6) is 0.765. The van der Waals surface area contributed by atoms with Crippen LogP contribution in [0.2, 0.25) is 0 Å². The lowest BCUT2D eigenvalue weighted by Gasteiger charge is -2.26. The number of carbonyl (C=O) groups is 1. The van der Waals surface area contributed by atoms with Crippen molar-refractivity contribution >= 4 is 21.9 Å². The molecule has 114 valence electrons. The number of aliphatic carboxylic acids is 1. The maximum atomic E-state index is 11.2. The fraction of sp³-hybridized carbons (Fsp3) is 0.500. The topological polar surface area (TPSA) is 77.0 Å². The van der Waals surface area contributed by atoms with E-state index >= 15 is 0 Å². The molecule has 1 saturated heterocycles. The van der Waals surface area contributed by atoms with Crippen molar-refractivity contribution < 1.29 is 24.1 Å². The largest absolute Gasteiger partial charge is 0.495 e. The van der Waals surface area contributed by atoms with Crippen LogP contribution in [0.15, 0.2) is 10.5 Å². The van der Waals surface area contributed by atoms with Crippen LogP contribution in [-0.4, -0.2) is 37.9 Å². The molecule has 21 heavy (non-hydrogen) atoms. The minimum Gasteiger partial charge on any atom is -0.495 e. The van der Waals surface area contributed by atoms with Gasteiger partial charge in [0.1, 0.15) is 19.0 Å². The Bertz CT molecular complexity index is 577. The third kappa shape index (κ3) is 2.55. The van der Waals surface area contributed by atoms with Gasteiger partial charge in [-0.1, -0.05) is 0 Å². The van der Waals surface area contributed by atoms with Crippen molar-refractivity contribution in [3.05, 3.63) is 16.1 Å². The summed E-state index contributed by atoms with van der Waals surface area (Å²) in [5, 5.41) is 12.4. The predicted molar refractivity (Wildman–Crippen MR) is 78.2 cm³/mol. The summed E-state index contributed by atoms with van der Waals surface area (Å²) in [6.45, 7) is 1.41. The number of hydrogen-bond acceptors (Lipinski definition) is 5. The number of halogens is 1. The van der Waals surface area contributed by atoms with Crippen LogP contribution in [0.5, 0.6) is 17.2 Å². The molecule has 0 saturated carbocycles. The molecule has 2 N–H and O–H groups in total. The monoisotopic (exact) mass is 357 g/mol. The van der Waals surface area contributed by atoms with Crippen LogP contribution in [0.1, 0.15) is 18.0 Å². The molecule has 0 aromatic heterocycles. The highest BCUT2D eigenvalue weighted by Gasteiger charge is 2.36. The van der Waals surface area contributed by atoms with Crippen LogP contribution in [0.3, 0.4) is 0 Å². The summed E-state index contributed by atoms with van der Waals surface area (Å²) < 4.78 is 17.6. The van der Waals surface area contributed by atoms with Gasteiger partial charge in [-0.3, -0.25) is 4.79 Å². The van der Waals surface area contributed by atoms with Crippen LogP contribution >= 0.6 is 15.9 Å². The van der Waals surface area contributed by atoms with Crippen molar-refractivity contribution in [2.24, 2.45) is 5.92 Å². The van der Waals surface area contributed by atoms with Crippen LogP contribution < -0.4 is 19.5 Å². The van der Waals surface area contributed by atoms with Gasteiger partial charge in [0.25, 0.3) is 0 Å². The summed E-state index contributed by atoms with van der Waals surface area (Å²) in [4.78, 5) is 11.2. The molecular weight excluding hydrogens is 342 g/mol. The second-order valence-corrected chi connectivity index (χ2v) is 5.92. The van der Waals surface area contributed by atoms with Gasteiger partial charge in [-0.15, -0.1) is 0 Å². The van der Waals surface area contributed by atoms with Gasteiger partial charge >= 0.3 is 5.97 Å². The first kappa shape index (κ1) is 14.5. The Kier molecular flexibility index (Phi) is 3.95. The molecule has 0 spiro atoms. The maximum absolute atomic E-state index is 11.2. The van der Waals surface area contributed by atoms with Crippen molar-refractivity contribution in [3.63, 3.8) is 0 Å². The van der Waals surface area contributed by atoms with Crippen molar-refractivity contribution in [3.8, 4) is 17.2 Å². The number of fused-ring (bicyclic) bond motifs is 1. The Morgan fingerprint density at radius 2 is 2.24 bits per heavy atom. The van der Waals surface area contributed by atoms with Crippen molar-refractivity contribution in [2.75, 3.05) is 26.9 Å². The zero-order valence-electron chi connectivity index (χ0n) is 11.5. The zero-order chi connectivity index (χ0) is 15.0. The summed E-state index contributed by atoms with van der Waals surface area (Å²) in [7, 11) is 1.59. The molecule has 1 fully saturated rings. The first-order valence-corrected chi connectivity index (χ1v) is 7.53. The number of ether oxygens (including phenoxy) is 3. The van der Waals surface area contributed by atoms with Gasteiger partial charge < -0.3 is 24.6 Å². The fourth-order valence-corrected chi connectivity index (χ4v) is 3.41. The number of carboxylic acid groups (broad SMARTS) is 1. The van der Waals surface area contributed by atoms with Crippen LogP contribution in [0.4, 0.5) is 0 Å². The Labute approximate surface area is 130 Å². The third-order valence-electron chi connectivity index (χ3n) is 3.81. The van der Waals surface area contributed by atoms with Crippen molar-refractivity contribution in [2.45, 2.75) is 12.5 Å². The highest BCUT2D eigenvalue weighted by molar-refractivity contribution is 9.10. The average Bonchev–Trinajstić information content (AvgIpc) is 2.95. The molecule has 0 radical (unpaired) electrons. The molecule has 1 aromatic rings. The summed E-state index contributed by atoms with van der Waals surface area (Å²) in [6, 6.07) is 1.69. The van der Waals surface area contributed by atoms with Gasteiger partial charge in [0.2, 0.25) is 0 Å². The van der Waals surface area contributed by atoms with Gasteiger partial charge in [0.05, 0.1) is 23.1 Å². The third-order valence-corrected chi connectivity index (χ3v) is 4.40. The second-order valence-electron chi connectivity index (χ2n) is 5.06. The van der Waals surface area contributed by atoms with Crippen LogP contribution in [0, 0.1) is 5.92 Å². The summed E-state index contributed by atoms with van der Waals surface area (Å²) >= 11 is 3.47. The predicted octanol–water partition coefficient (Wildman–Crippen LogP) is 1.96. The highest BCUT2D eigenvalue weighted by atomic mass is 79.9. The van der Waals surface area contributed by atoms with E-state index in [2.05, 4.69) is 21.2 Å². The van der Waals surface area contributed by atoms with Crippen molar-refractivity contribution in [1.82, 2.24) is 5.32 Å². The number of rotatable bonds is 3. The highest BCUT2D eigenvalue weighted by Crippen LogP contribution is 2.49. The Hall–Kier alpha value is -1.47. The average molecular weight is 358 g/mol. The van der Waals surface area contributed by atoms with E-state index in [0.717, 1.165) is 10.0 Å². The number of methoxy groups -OCH3 is 1. The minimum atomic E-state index is -0.787. The Morgan fingerprint density at radius 1 is 1.48 bits per heavy atom. The van der Waals surface area contributed by atoms with Gasteiger partial charge in [-0.2, -0.15) is 0 Å². The molecule has 1 aromatic carbocycles. The van der Waals surface area contributed by atoms with Gasteiger partial charge in [0.15, 0.2) is 11.5 Å². The Balaban J connectivity index is 2.04. The second kappa shape index (κ2) is 5.73. The van der Waals surface area contributed by atoms with Gasteiger partial charge in [-0.25, -0.2) is 0 Å². The molecule has 6 nitrogen and oxygen atoms in total. The minimum absolute atomic E-state index is 0.131. The molecule has 2 aliphatic heterocycles. The molecule has 0 bridgehead atoms. The molecule has 2 atom stereocenters. The molecule has 0 amide bonds. The van der Waals surface area contributed by atoms with Crippen LogP contribution in [0.25, 0.3) is 0 Å². The van der Waals surface area contributed by atoms with E-state index in [9.17, 15) is 4.79 Å². The van der Waals surface area contributed by atoms with Gasteiger partial charge in [-0.05, 0) is 22.4 Å². The summed E-state index contributed by atoms with van der Waals surface area (Å²) in [5.41, 5.74) is 0.824. The van der Waals surface area contributed by atoms with E-state index in [1.165, 1.54) is 0 Å². The van der Waals surface area contributed by atoms with E-state index in [0.29, 0.717) is 43.4 Å². The molecule has 0 aliphatic carbocycles. The number of benzene rings is 1. The lowest BCUT2D eigenvalue weighted by atomic mass is 9.98. The van der Waals surface area contributed by atoms with E-state index in [4.69, 9.17) is 19.3 Å². The van der Waals surface area contributed by atoms with Crippen molar-refractivity contribution in [1.29, 1.82) is 0 Å². The molecule has 2 unspecified atom stereocenters. The lowest BCUT2D eigenvalue weighted by molar-refractivity contribution is -0.141. The SMILES string of the molecule is COc1c(Br)cc2c(c1C1CC(C(=O)O)CN1)OCCO2. The fourth-order valence-electron chi connectivity index (χ4n) is 2.83. The number of hydrogen-bond donors (Lipinski definition) is 2. The maximum Gasteiger partial charge on any atom is 0.307 e. The standard InChI is InChI=1S/C14H16BrNO5/c1-19-12-8(15)5-10-13(21-3-2-20-10)11(12)9-4-7(6-16-9)14(17)18/h5,7,9,16H,2-4,6H2,1H3,(H,17,18). The molecule has 2 aliphatic rings. The molecule has 2 heterocycles. The zero-order valence-corrected chi connectivity index (χ0v) is 13.1. The summed E-state index contributed by atoms with van der Waals surface area (Å²) in [6.07, 6.45) is 0.498. The Morgan fingerprint density at radius 3 is 2.90 bits per heavy atom. The smallest absolute Gasteiger partial charge is 0.307 e. The quantitative estimate of drug-likeness (QED) is 0.860. The first-order chi connectivity index (χ1) is 10.1. The molecular formula is C14H16BrNO5. The van der Waals surface area contributed by atoms with Crippen LogP contribution in [-0.2, 0) is 4.79 Å². The van der Waals surface area contributed by atoms with E-state index in [1.54, 1.807) is 7.11 Å². The number of carboxylic acids is 1. The van der Waals surface area contributed by atoms with E-state index < -0.39 is 11.9 Å². The molecule has 7 heteroatoms. The molecule has 3 rings (SSSR count). The van der Waals surface area contributed by atoms with E-state index in [1.807, 2.05) is 6.07 Å². The lowest BCUT2D eigenvalue weighted by Crippen LogP contribution is -2.21. The van der Waals surface area contributed by atoms with Gasteiger partial charge in [0, 0.05) is 18.7 Å². The first-order valence-electron chi connectivity index (χ1n) is 6.74. The number of nitrogens with one attached hydrogen (secondary N) is 1.